The van der Waals surface area contributed by atoms with E-state index in [-0.39, 0.29) is 19.3 Å². The molecule has 0 saturated carbocycles. The van der Waals surface area contributed by atoms with Crippen LogP contribution in [0.4, 0.5) is 0 Å². The van der Waals surface area contributed by atoms with Crippen molar-refractivity contribution in [3.8, 4) is 0 Å². The Morgan fingerprint density at radius 3 is 1.26 bits per heavy atom. The lowest BCUT2D eigenvalue weighted by molar-refractivity contribution is -0.223. The van der Waals surface area contributed by atoms with Gasteiger partial charge in [0.25, 0.3) is 0 Å². The molecular weight excluding hydrogens is 404 g/mol. The summed E-state index contributed by atoms with van der Waals surface area (Å²) in [6.07, 6.45) is 3.72. The highest BCUT2D eigenvalue weighted by Gasteiger charge is 2.74. The summed E-state index contributed by atoms with van der Waals surface area (Å²) >= 11 is 0. The van der Waals surface area contributed by atoms with Gasteiger partial charge in [-0.25, -0.2) is 4.79 Å². The molecule has 0 saturated heterocycles. The van der Waals surface area contributed by atoms with E-state index >= 15 is 0 Å². The Hall–Kier alpha value is -1.96. The van der Waals surface area contributed by atoms with E-state index in [1.165, 1.54) is 0 Å². The van der Waals surface area contributed by atoms with Gasteiger partial charge in [-0.15, -0.1) is 0 Å². The maximum Gasteiger partial charge on any atom is 0.338 e. The summed E-state index contributed by atoms with van der Waals surface area (Å²) in [5.41, 5.74) is -8.36. The molecule has 0 amide bonds. The van der Waals surface area contributed by atoms with Crippen LogP contribution in [0.5, 0.6) is 0 Å². The topological polar surface area (TPSA) is 149 Å². The highest BCUT2D eigenvalue weighted by atomic mass is 16.4. The number of ketones is 1. The molecule has 8 heteroatoms. The Balaban J connectivity index is 7.05. The Bertz CT molecular complexity index is 603. The van der Waals surface area contributed by atoms with E-state index in [1.807, 2.05) is 20.8 Å². The minimum atomic E-state index is -3.29. The van der Waals surface area contributed by atoms with Gasteiger partial charge in [-0.2, -0.15) is 0 Å². The fourth-order valence-electron chi connectivity index (χ4n) is 4.67. The molecule has 0 aliphatic rings. The molecule has 4 N–H and O–H groups in total. The van der Waals surface area contributed by atoms with Crippen LogP contribution in [-0.4, -0.2) is 49.7 Å². The predicted octanol–water partition coefficient (Wildman–Crippen LogP) is 4.27. The first-order chi connectivity index (χ1) is 14.5. The van der Waals surface area contributed by atoms with Crippen molar-refractivity contribution in [2.45, 2.75) is 110 Å². The lowest BCUT2D eigenvalue weighted by atomic mass is 9.52. The molecule has 0 rings (SSSR count). The van der Waals surface area contributed by atoms with Crippen LogP contribution in [0.2, 0.25) is 0 Å². The van der Waals surface area contributed by atoms with Crippen LogP contribution in [0, 0.1) is 10.8 Å². The Morgan fingerprint density at radius 2 is 1.00 bits per heavy atom. The highest BCUT2D eigenvalue weighted by molar-refractivity contribution is 6.10. The standard InChI is InChI=1S/C23H40O8/c1-5-8-11-14-21(18(25)26,15-12-9-6-2)23(31,20(29)30)22(17(4)24,19(27)28)16-13-10-7-3/h31H,5-16H2,1-4H3,(H,25,26)(H,27,28)(H,29,30). The third-order valence-corrected chi connectivity index (χ3v) is 6.56. The molecular formula is C23H40O8. The first-order valence-electron chi connectivity index (χ1n) is 11.4. The van der Waals surface area contributed by atoms with Crippen LogP contribution in [0.1, 0.15) is 105 Å². The summed E-state index contributed by atoms with van der Waals surface area (Å²) in [6.45, 7) is 6.57. The van der Waals surface area contributed by atoms with Crippen molar-refractivity contribution in [1.82, 2.24) is 0 Å². The zero-order valence-electron chi connectivity index (χ0n) is 19.4. The summed E-state index contributed by atoms with van der Waals surface area (Å²) in [4.78, 5) is 50.5. The van der Waals surface area contributed by atoms with E-state index in [4.69, 9.17) is 0 Å². The van der Waals surface area contributed by atoms with Crippen LogP contribution < -0.4 is 0 Å². The SMILES string of the molecule is CCCCCC(CCCCC)(C(=O)O)C(O)(C(=O)O)C(CCCCC)(C(C)=O)C(=O)O. The lowest BCUT2D eigenvalue weighted by Gasteiger charge is -2.50. The van der Waals surface area contributed by atoms with Crippen molar-refractivity contribution in [1.29, 1.82) is 0 Å². The van der Waals surface area contributed by atoms with E-state index in [0.717, 1.165) is 19.8 Å². The van der Waals surface area contributed by atoms with E-state index in [1.54, 1.807) is 0 Å². The fourth-order valence-corrected chi connectivity index (χ4v) is 4.67. The van der Waals surface area contributed by atoms with E-state index in [9.17, 15) is 39.6 Å². The van der Waals surface area contributed by atoms with E-state index < -0.39 is 46.5 Å². The Morgan fingerprint density at radius 1 is 0.613 bits per heavy atom. The number of aliphatic carboxylic acids is 3. The summed E-state index contributed by atoms with van der Waals surface area (Å²) < 4.78 is 0. The van der Waals surface area contributed by atoms with Crippen LogP contribution >= 0.6 is 0 Å². The number of Topliss-reactive ketones (excluding diaryl/α,β-unsaturated/α-hetero) is 1. The minimum absolute atomic E-state index is 0.178. The predicted molar refractivity (Wildman–Crippen MR) is 116 cm³/mol. The maximum atomic E-state index is 12.8. The van der Waals surface area contributed by atoms with Gasteiger partial charge in [0.15, 0.2) is 11.2 Å². The van der Waals surface area contributed by atoms with E-state index in [0.29, 0.717) is 38.5 Å². The van der Waals surface area contributed by atoms with Gasteiger partial charge >= 0.3 is 17.9 Å². The number of rotatable bonds is 18. The van der Waals surface area contributed by atoms with Gasteiger partial charge in [0.1, 0.15) is 5.41 Å². The average molecular weight is 445 g/mol. The lowest BCUT2D eigenvalue weighted by Crippen LogP contribution is -2.71. The molecule has 0 fully saturated rings. The maximum absolute atomic E-state index is 12.8. The molecule has 0 aromatic heterocycles. The largest absolute Gasteiger partial charge is 0.481 e. The second kappa shape index (κ2) is 12.8. The second-order valence-corrected chi connectivity index (χ2v) is 8.54. The number of carbonyl (C=O) groups is 4. The monoisotopic (exact) mass is 444 g/mol. The summed E-state index contributed by atoms with van der Waals surface area (Å²) in [7, 11) is 0. The van der Waals surface area contributed by atoms with Crippen molar-refractivity contribution < 1.29 is 39.6 Å². The minimum Gasteiger partial charge on any atom is -0.481 e. The van der Waals surface area contributed by atoms with Crippen molar-refractivity contribution in [2.24, 2.45) is 10.8 Å². The molecule has 0 aliphatic heterocycles. The highest BCUT2D eigenvalue weighted by Crippen LogP contribution is 2.54. The van der Waals surface area contributed by atoms with Gasteiger partial charge in [0.2, 0.25) is 5.60 Å². The summed E-state index contributed by atoms with van der Waals surface area (Å²) in [5.74, 6) is -6.39. The number of carboxylic acid groups (broad SMARTS) is 3. The van der Waals surface area contributed by atoms with Crippen molar-refractivity contribution >= 4 is 23.7 Å². The Labute approximate surface area is 185 Å². The molecule has 0 aromatic rings. The van der Waals surface area contributed by atoms with Crippen LogP contribution in [-0.2, 0) is 19.2 Å². The number of hydrogen-bond acceptors (Lipinski definition) is 5. The molecule has 2 atom stereocenters. The molecule has 31 heavy (non-hydrogen) atoms. The van der Waals surface area contributed by atoms with Crippen LogP contribution in [0.25, 0.3) is 0 Å². The fraction of sp³-hybridized carbons (Fsp3) is 0.826. The van der Waals surface area contributed by atoms with Gasteiger partial charge in [-0.3, -0.25) is 14.4 Å². The number of hydrogen-bond donors (Lipinski definition) is 4. The number of aliphatic hydroxyl groups is 1. The normalized spacial score (nSPS) is 15.6. The third kappa shape index (κ3) is 5.64. The zero-order chi connectivity index (χ0) is 24.3. The Kier molecular flexibility index (Phi) is 12.0. The molecule has 0 aliphatic carbocycles. The molecule has 180 valence electrons. The third-order valence-electron chi connectivity index (χ3n) is 6.56. The van der Waals surface area contributed by atoms with Crippen molar-refractivity contribution in [3.63, 3.8) is 0 Å². The van der Waals surface area contributed by atoms with Gasteiger partial charge in [0, 0.05) is 0 Å². The smallest absolute Gasteiger partial charge is 0.338 e. The van der Waals surface area contributed by atoms with E-state index in [2.05, 4.69) is 0 Å². The molecule has 8 nitrogen and oxygen atoms in total. The summed E-state index contributed by atoms with van der Waals surface area (Å²) in [6, 6.07) is 0. The van der Waals surface area contributed by atoms with Gasteiger partial charge in [-0.1, -0.05) is 78.6 Å². The van der Waals surface area contributed by atoms with Crippen molar-refractivity contribution in [3.05, 3.63) is 0 Å². The quantitative estimate of drug-likeness (QED) is 0.181. The molecule has 2 unspecified atom stereocenters. The number of carboxylic acids is 3. The van der Waals surface area contributed by atoms with Crippen LogP contribution in [0.3, 0.4) is 0 Å². The van der Waals surface area contributed by atoms with Gasteiger partial charge in [-0.05, 0) is 26.2 Å². The molecule has 0 aromatic carbocycles. The molecule has 0 radical (unpaired) electrons. The molecule has 0 heterocycles. The first-order valence-corrected chi connectivity index (χ1v) is 11.4. The first kappa shape index (κ1) is 29.0. The number of unbranched alkanes of at least 4 members (excludes halogenated alkanes) is 6. The average Bonchev–Trinajstić information content (AvgIpc) is 2.68. The molecule has 0 bridgehead atoms. The van der Waals surface area contributed by atoms with Gasteiger partial charge < -0.3 is 20.4 Å². The zero-order valence-corrected chi connectivity index (χ0v) is 19.4. The number of carbonyl (C=O) groups excluding carboxylic acids is 1. The second-order valence-electron chi connectivity index (χ2n) is 8.54. The van der Waals surface area contributed by atoms with Crippen LogP contribution in [0.15, 0.2) is 0 Å². The van der Waals surface area contributed by atoms with Crippen molar-refractivity contribution in [2.75, 3.05) is 0 Å². The summed E-state index contributed by atoms with van der Waals surface area (Å²) in [5, 5.41) is 42.3. The molecule has 0 spiro atoms. The van der Waals surface area contributed by atoms with Gasteiger partial charge in [0.05, 0.1) is 0 Å².